The number of anilines is 1. The Labute approximate surface area is 117 Å². The van der Waals surface area contributed by atoms with Crippen molar-refractivity contribution in [3.63, 3.8) is 0 Å². The molecule has 0 aliphatic carbocycles. The molecule has 1 atom stereocenters. The van der Waals surface area contributed by atoms with Crippen LogP contribution in [-0.4, -0.2) is 40.7 Å². The SMILES string of the molecule is Cc1nc2ccc(NC(=O)N(C)CCC(C)O)cc2o1. The zero-order valence-electron chi connectivity index (χ0n) is 11.9. The molecule has 108 valence electrons. The van der Waals surface area contributed by atoms with Crippen LogP contribution in [0.3, 0.4) is 0 Å². The highest BCUT2D eigenvalue weighted by molar-refractivity contribution is 5.91. The molecule has 0 aliphatic heterocycles. The third kappa shape index (κ3) is 3.48. The number of rotatable bonds is 4. The first-order valence-corrected chi connectivity index (χ1v) is 6.53. The quantitative estimate of drug-likeness (QED) is 0.899. The predicted molar refractivity (Wildman–Crippen MR) is 76.7 cm³/mol. The van der Waals surface area contributed by atoms with Crippen molar-refractivity contribution in [3.05, 3.63) is 24.1 Å². The average molecular weight is 277 g/mol. The summed E-state index contributed by atoms with van der Waals surface area (Å²) in [6, 6.07) is 5.11. The Hall–Kier alpha value is -2.08. The molecule has 2 rings (SSSR count). The number of aryl methyl sites for hydroxylation is 1. The molecule has 0 aliphatic rings. The second-order valence-corrected chi connectivity index (χ2v) is 4.90. The van der Waals surface area contributed by atoms with Crippen LogP contribution in [0.15, 0.2) is 22.6 Å². The van der Waals surface area contributed by atoms with E-state index in [0.717, 1.165) is 5.52 Å². The second kappa shape index (κ2) is 5.92. The number of oxazole rings is 1. The van der Waals surface area contributed by atoms with Crippen molar-refractivity contribution < 1.29 is 14.3 Å². The van der Waals surface area contributed by atoms with Crippen molar-refractivity contribution in [2.75, 3.05) is 18.9 Å². The molecule has 2 aromatic rings. The summed E-state index contributed by atoms with van der Waals surface area (Å²) in [4.78, 5) is 17.7. The maximum atomic E-state index is 12.0. The lowest BCUT2D eigenvalue weighted by molar-refractivity contribution is 0.167. The molecule has 0 spiro atoms. The Balaban J connectivity index is 2.01. The first-order valence-electron chi connectivity index (χ1n) is 6.53. The lowest BCUT2D eigenvalue weighted by Crippen LogP contribution is -2.33. The first-order chi connectivity index (χ1) is 9.45. The monoisotopic (exact) mass is 277 g/mol. The summed E-state index contributed by atoms with van der Waals surface area (Å²) >= 11 is 0. The van der Waals surface area contributed by atoms with E-state index in [-0.39, 0.29) is 6.03 Å². The molecule has 0 bridgehead atoms. The van der Waals surface area contributed by atoms with E-state index in [4.69, 9.17) is 4.42 Å². The number of nitrogens with zero attached hydrogens (tertiary/aromatic N) is 2. The highest BCUT2D eigenvalue weighted by Crippen LogP contribution is 2.20. The highest BCUT2D eigenvalue weighted by atomic mass is 16.3. The molecule has 0 radical (unpaired) electrons. The molecule has 6 nitrogen and oxygen atoms in total. The van der Waals surface area contributed by atoms with Gasteiger partial charge in [-0.25, -0.2) is 9.78 Å². The second-order valence-electron chi connectivity index (χ2n) is 4.90. The molecule has 1 unspecified atom stereocenters. The Bertz CT molecular complexity index is 607. The number of aromatic nitrogens is 1. The van der Waals surface area contributed by atoms with Crippen molar-refractivity contribution in [2.24, 2.45) is 0 Å². The zero-order chi connectivity index (χ0) is 14.7. The smallest absolute Gasteiger partial charge is 0.321 e. The Kier molecular flexibility index (Phi) is 4.24. The summed E-state index contributed by atoms with van der Waals surface area (Å²) in [6.45, 7) is 3.97. The third-order valence-corrected chi connectivity index (χ3v) is 2.98. The molecule has 0 fully saturated rings. The van der Waals surface area contributed by atoms with E-state index in [2.05, 4.69) is 10.3 Å². The number of nitrogens with one attached hydrogen (secondary N) is 1. The minimum Gasteiger partial charge on any atom is -0.441 e. The Morgan fingerprint density at radius 3 is 3.00 bits per heavy atom. The van der Waals surface area contributed by atoms with Crippen molar-refractivity contribution in [1.29, 1.82) is 0 Å². The number of fused-ring (bicyclic) bond motifs is 1. The third-order valence-electron chi connectivity index (χ3n) is 2.98. The van der Waals surface area contributed by atoms with Gasteiger partial charge in [0, 0.05) is 32.3 Å². The van der Waals surface area contributed by atoms with Crippen LogP contribution >= 0.6 is 0 Å². The van der Waals surface area contributed by atoms with Gasteiger partial charge in [0.15, 0.2) is 11.5 Å². The summed E-state index contributed by atoms with van der Waals surface area (Å²) < 4.78 is 5.42. The van der Waals surface area contributed by atoms with Gasteiger partial charge in [-0.2, -0.15) is 0 Å². The van der Waals surface area contributed by atoms with Gasteiger partial charge in [-0.3, -0.25) is 0 Å². The molecule has 0 saturated carbocycles. The summed E-state index contributed by atoms with van der Waals surface area (Å²) in [5, 5.41) is 12.0. The Morgan fingerprint density at radius 2 is 2.30 bits per heavy atom. The maximum absolute atomic E-state index is 12.0. The molecule has 2 amide bonds. The number of urea groups is 1. The van der Waals surface area contributed by atoms with Gasteiger partial charge in [-0.15, -0.1) is 0 Å². The summed E-state index contributed by atoms with van der Waals surface area (Å²) in [5.41, 5.74) is 2.07. The lowest BCUT2D eigenvalue weighted by Gasteiger charge is -2.18. The van der Waals surface area contributed by atoms with E-state index < -0.39 is 6.10 Å². The van der Waals surface area contributed by atoms with Crippen LogP contribution in [-0.2, 0) is 0 Å². The van der Waals surface area contributed by atoms with Crippen LogP contribution in [0.25, 0.3) is 11.1 Å². The number of amides is 2. The van der Waals surface area contributed by atoms with Gasteiger partial charge in [0.05, 0.1) is 6.10 Å². The lowest BCUT2D eigenvalue weighted by atomic mass is 10.3. The van der Waals surface area contributed by atoms with Crippen molar-refractivity contribution >= 4 is 22.8 Å². The molecule has 1 aromatic heterocycles. The van der Waals surface area contributed by atoms with Crippen LogP contribution in [0.2, 0.25) is 0 Å². The topological polar surface area (TPSA) is 78.6 Å². The highest BCUT2D eigenvalue weighted by Gasteiger charge is 2.11. The minimum absolute atomic E-state index is 0.221. The van der Waals surface area contributed by atoms with Gasteiger partial charge in [0.25, 0.3) is 0 Å². The molecular weight excluding hydrogens is 258 g/mol. The molecule has 0 saturated heterocycles. The molecule has 6 heteroatoms. The number of carbonyl (C=O) groups is 1. The van der Waals surface area contributed by atoms with E-state index >= 15 is 0 Å². The van der Waals surface area contributed by atoms with Gasteiger partial charge in [0.2, 0.25) is 0 Å². The first kappa shape index (κ1) is 14.3. The molecule has 1 aromatic carbocycles. The van der Waals surface area contributed by atoms with Gasteiger partial charge in [-0.05, 0) is 25.5 Å². The van der Waals surface area contributed by atoms with Gasteiger partial charge < -0.3 is 19.7 Å². The molecule has 1 heterocycles. The van der Waals surface area contributed by atoms with Gasteiger partial charge in [-0.1, -0.05) is 0 Å². The van der Waals surface area contributed by atoms with E-state index in [9.17, 15) is 9.90 Å². The van der Waals surface area contributed by atoms with Crippen LogP contribution in [0.1, 0.15) is 19.2 Å². The number of hydrogen-bond donors (Lipinski definition) is 2. The fraction of sp³-hybridized carbons (Fsp3) is 0.429. The van der Waals surface area contributed by atoms with E-state index in [1.807, 2.05) is 0 Å². The largest absolute Gasteiger partial charge is 0.441 e. The minimum atomic E-state index is -0.418. The fourth-order valence-corrected chi connectivity index (χ4v) is 1.82. The van der Waals surface area contributed by atoms with Crippen LogP contribution < -0.4 is 5.32 Å². The Morgan fingerprint density at radius 1 is 1.55 bits per heavy atom. The molecule has 20 heavy (non-hydrogen) atoms. The molecular formula is C14H19N3O3. The number of hydrogen-bond acceptors (Lipinski definition) is 4. The number of aliphatic hydroxyl groups is 1. The fourth-order valence-electron chi connectivity index (χ4n) is 1.82. The van der Waals surface area contributed by atoms with Crippen molar-refractivity contribution in [3.8, 4) is 0 Å². The number of benzene rings is 1. The van der Waals surface area contributed by atoms with Crippen LogP contribution in [0.4, 0.5) is 10.5 Å². The number of carbonyl (C=O) groups excluding carboxylic acids is 1. The van der Waals surface area contributed by atoms with Crippen molar-refractivity contribution in [1.82, 2.24) is 9.88 Å². The standard InChI is InChI=1S/C14H19N3O3/c1-9(18)6-7-17(3)14(19)16-11-4-5-12-13(8-11)20-10(2)15-12/h4-5,8-9,18H,6-7H2,1-3H3,(H,16,19). The van der Waals surface area contributed by atoms with Gasteiger partial charge >= 0.3 is 6.03 Å². The predicted octanol–water partition coefficient (Wildman–Crippen LogP) is 2.37. The van der Waals surface area contributed by atoms with Crippen LogP contribution in [0, 0.1) is 6.92 Å². The van der Waals surface area contributed by atoms with E-state index in [1.165, 1.54) is 4.90 Å². The normalized spacial score (nSPS) is 12.4. The molecule has 2 N–H and O–H groups in total. The summed E-state index contributed by atoms with van der Waals surface area (Å²) in [5.74, 6) is 0.595. The maximum Gasteiger partial charge on any atom is 0.321 e. The van der Waals surface area contributed by atoms with E-state index in [0.29, 0.717) is 30.1 Å². The van der Waals surface area contributed by atoms with E-state index in [1.54, 1.807) is 39.1 Å². The zero-order valence-corrected chi connectivity index (χ0v) is 11.9. The van der Waals surface area contributed by atoms with Crippen LogP contribution in [0.5, 0.6) is 0 Å². The average Bonchev–Trinajstić information content (AvgIpc) is 2.75. The number of aliphatic hydroxyl groups excluding tert-OH is 1. The van der Waals surface area contributed by atoms with Crippen molar-refractivity contribution in [2.45, 2.75) is 26.4 Å². The van der Waals surface area contributed by atoms with Gasteiger partial charge in [0.1, 0.15) is 5.52 Å². The summed E-state index contributed by atoms with van der Waals surface area (Å²) in [6.07, 6.45) is 0.128. The summed E-state index contributed by atoms with van der Waals surface area (Å²) in [7, 11) is 1.69.